The van der Waals surface area contributed by atoms with Crippen LogP contribution in [0, 0.1) is 0 Å². The number of amides is 1. The lowest BCUT2D eigenvalue weighted by Gasteiger charge is -2.49. The fraction of sp³-hybridized carbons (Fsp3) is 0.462. The zero-order valence-electron chi connectivity index (χ0n) is 12.3. The Kier molecular flexibility index (Phi) is 3.61. The van der Waals surface area contributed by atoms with Gasteiger partial charge in [-0.05, 0) is 0 Å². The number of aliphatic carboxylic acids is 1. The van der Waals surface area contributed by atoms with Crippen molar-refractivity contribution in [3.05, 3.63) is 23.5 Å². The number of thioether (sulfide) groups is 1. The van der Waals surface area contributed by atoms with Gasteiger partial charge in [0.25, 0.3) is 0 Å². The van der Waals surface area contributed by atoms with Gasteiger partial charge in [-0.15, -0.1) is 21.1 Å². The number of fused-ring (bicyclic) bond motifs is 1. The summed E-state index contributed by atoms with van der Waals surface area (Å²) in [4.78, 5) is 24.6. The lowest BCUT2D eigenvalue weighted by molar-refractivity contribution is -0.765. The Balaban J connectivity index is 1.95. The first-order valence-electron chi connectivity index (χ1n) is 6.82. The molecule has 0 aromatic carbocycles. The minimum atomic E-state index is -1.33. The summed E-state index contributed by atoms with van der Waals surface area (Å²) < 4.78 is 3.75. The summed E-state index contributed by atoms with van der Waals surface area (Å²) in [7, 11) is 3.68. The smallest absolute Gasteiger partial charge is 0.248 e. The van der Waals surface area contributed by atoms with Crippen LogP contribution in [0.15, 0.2) is 23.5 Å². The first-order chi connectivity index (χ1) is 10.5. The van der Waals surface area contributed by atoms with E-state index in [1.807, 2.05) is 35.7 Å². The van der Waals surface area contributed by atoms with Crippen LogP contribution in [0.25, 0.3) is 0 Å². The van der Waals surface area contributed by atoms with E-state index in [1.54, 1.807) is 0 Å². The number of nitrogens with zero attached hydrogens (tertiary/aromatic N) is 3. The number of β-lactam (4-membered cyclic amide) rings is 1. The Bertz CT molecular complexity index is 683. The molecule has 8 nitrogen and oxygen atoms in total. The van der Waals surface area contributed by atoms with Crippen LogP contribution < -0.4 is 20.8 Å². The summed E-state index contributed by atoms with van der Waals surface area (Å²) in [6.07, 6.45) is 1.85. The van der Waals surface area contributed by atoms with Crippen molar-refractivity contribution in [3.63, 3.8) is 0 Å². The van der Waals surface area contributed by atoms with E-state index < -0.39 is 12.0 Å². The maximum absolute atomic E-state index is 11.9. The number of hydrogen-bond acceptors (Lipinski definition) is 6. The summed E-state index contributed by atoms with van der Waals surface area (Å²) in [5, 5.41) is 14.2. The molecule has 1 amide bonds. The number of nitrogens with two attached hydrogens (primary N) is 1. The highest BCUT2D eigenvalue weighted by molar-refractivity contribution is 8.00. The van der Waals surface area contributed by atoms with Gasteiger partial charge in [-0.25, -0.2) is 0 Å². The zero-order valence-corrected chi connectivity index (χ0v) is 13.1. The molecule has 3 rings (SSSR count). The molecule has 22 heavy (non-hydrogen) atoms. The van der Waals surface area contributed by atoms with Crippen molar-refractivity contribution in [2.45, 2.75) is 18.0 Å². The molecule has 1 aromatic rings. The minimum absolute atomic E-state index is 0.0323. The number of aromatic nitrogens is 2. The molecule has 2 aliphatic rings. The van der Waals surface area contributed by atoms with Crippen LogP contribution in [-0.2, 0) is 23.2 Å². The average molecular weight is 323 g/mol. The van der Waals surface area contributed by atoms with Crippen LogP contribution in [-0.4, -0.2) is 45.7 Å². The molecule has 0 spiro atoms. The van der Waals surface area contributed by atoms with Crippen molar-refractivity contribution in [3.8, 4) is 0 Å². The molecule has 0 aliphatic carbocycles. The fourth-order valence-corrected chi connectivity index (χ4v) is 4.07. The third-order valence-corrected chi connectivity index (χ3v) is 5.39. The van der Waals surface area contributed by atoms with Gasteiger partial charge in [0.15, 0.2) is 18.6 Å². The van der Waals surface area contributed by atoms with E-state index in [0.29, 0.717) is 17.9 Å². The van der Waals surface area contributed by atoms with Crippen molar-refractivity contribution >= 4 is 29.5 Å². The molecule has 1 saturated heterocycles. The van der Waals surface area contributed by atoms with E-state index in [1.165, 1.54) is 16.7 Å². The number of carboxylic acid groups (broad SMARTS) is 1. The third kappa shape index (κ3) is 2.08. The first kappa shape index (κ1) is 14.9. The summed E-state index contributed by atoms with van der Waals surface area (Å²) in [6.45, 7) is 0.375. The Morgan fingerprint density at radius 1 is 1.64 bits per heavy atom. The van der Waals surface area contributed by atoms with Crippen LogP contribution in [0.5, 0.6) is 0 Å². The van der Waals surface area contributed by atoms with Crippen LogP contribution in [0.1, 0.15) is 0 Å². The number of hydrogen-bond donors (Lipinski definition) is 2. The quantitative estimate of drug-likeness (QED) is 0.472. The molecule has 118 valence electrons. The molecule has 1 fully saturated rings. The summed E-state index contributed by atoms with van der Waals surface area (Å²) >= 11 is 1.48. The predicted molar refractivity (Wildman–Crippen MR) is 78.3 cm³/mol. The molecule has 3 N–H and O–H groups in total. The van der Waals surface area contributed by atoms with Gasteiger partial charge < -0.3 is 21.0 Å². The molecular weight excluding hydrogens is 306 g/mol. The first-order valence-corrected chi connectivity index (χ1v) is 7.87. The monoisotopic (exact) mass is 323 g/mol. The van der Waals surface area contributed by atoms with Gasteiger partial charge in [-0.1, -0.05) is 0 Å². The number of anilines is 1. The second-order valence-corrected chi connectivity index (χ2v) is 6.35. The van der Waals surface area contributed by atoms with E-state index in [4.69, 9.17) is 5.73 Å². The predicted octanol–water partition coefficient (Wildman–Crippen LogP) is -2.40. The highest BCUT2D eigenvalue weighted by Crippen LogP contribution is 2.39. The van der Waals surface area contributed by atoms with Gasteiger partial charge in [0.2, 0.25) is 5.91 Å². The average Bonchev–Trinajstić information content (AvgIpc) is 2.86. The largest absolute Gasteiger partial charge is 0.543 e. The zero-order chi connectivity index (χ0) is 16.0. The minimum Gasteiger partial charge on any atom is -0.543 e. The molecule has 2 aliphatic heterocycles. The summed E-state index contributed by atoms with van der Waals surface area (Å²) in [5.41, 5.74) is 6.33. The third-order valence-electron chi connectivity index (χ3n) is 4.03. The van der Waals surface area contributed by atoms with Gasteiger partial charge in [0.05, 0.1) is 24.8 Å². The number of carbonyl (C=O) groups is 2. The molecule has 0 unspecified atom stereocenters. The molecular formula is C13H17N5O3S. The Hall–Kier alpha value is -2.00. The van der Waals surface area contributed by atoms with Crippen molar-refractivity contribution in [2.75, 3.05) is 18.1 Å². The number of carbonyl (C=O) groups excluding carboxylic acids is 2. The van der Waals surface area contributed by atoms with Crippen LogP contribution in [0.3, 0.4) is 0 Å². The van der Waals surface area contributed by atoms with Gasteiger partial charge in [-0.2, -0.15) is 0 Å². The van der Waals surface area contributed by atoms with Crippen LogP contribution in [0.4, 0.5) is 5.82 Å². The standard InChI is InChI=1S/C13H17N5O3S/c1-15-8-3-4-17(16(8)2)5-7-6-22-12-9(14)11(19)18(12)10(7)13(20)21/h3-4,9,12H,5-6,14H2,1-2H3,(H,20,21)/t9-,12-/m1/s1. The van der Waals surface area contributed by atoms with Crippen molar-refractivity contribution in [1.29, 1.82) is 0 Å². The lowest BCUT2D eigenvalue weighted by Crippen LogP contribution is -2.69. The van der Waals surface area contributed by atoms with Crippen LogP contribution in [0.2, 0.25) is 0 Å². The highest BCUT2D eigenvalue weighted by Gasteiger charge is 2.50. The Morgan fingerprint density at radius 2 is 2.36 bits per heavy atom. The van der Waals surface area contributed by atoms with E-state index in [0.717, 1.165) is 5.82 Å². The van der Waals surface area contributed by atoms with Gasteiger partial charge in [0, 0.05) is 18.4 Å². The summed E-state index contributed by atoms with van der Waals surface area (Å²) in [6, 6.07) is 1.27. The molecule has 1 aromatic heterocycles. The normalized spacial score (nSPS) is 24.1. The lowest BCUT2D eigenvalue weighted by atomic mass is 10.0. The number of rotatable bonds is 4. The van der Waals surface area contributed by atoms with E-state index in [2.05, 4.69) is 5.32 Å². The fourth-order valence-electron chi connectivity index (χ4n) is 2.79. The van der Waals surface area contributed by atoms with Gasteiger partial charge in [-0.3, -0.25) is 9.69 Å². The van der Waals surface area contributed by atoms with E-state index in [9.17, 15) is 14.7 Å². The topological polar surface area (TPSA) is 107 Å². The summed E-state index contributed by atoms with van der Waals surface area (Å²) in [5.74, 6) is -0.275. The SMILES string of the molecule is CNc1cc[n+](CC2=C(C(=O)[O-])N3C(=O)[C@@H](N)[C@H]3SC2)n1C. The Morgan fingerprint density at radius 3 is 2.95 bits per heavy atom. The van der Waals surface area contributed by atoms with E-state index >= 15 is 0 Å². The van der Waals surface area contributed by atoms with Crippen LogP contribution >= 0.6 is 11.8 Å². The number of nitrogens with one attached hydrogen (secondary N) is 1. The maximum Gasteiger partial charge on any atom is 0.248 e. The van der Waals surface area contributed by atoms with Gasteiger partial charge in [0.1, 0.15) is 11.4 Å². The van der Waals surface area contributed by atoms with Gasteiger partial charge >= 0.3 is 0 Å². The highest BCUT2D eigenvalue weighted by atomic mass is 32.2. The molecule has 9 heteroatoms. The van der Waals surface area contributed by atoms with Crippen molar-refractivity contribution in [1.82, 2.24) is 9.58 Å². The second-order valence-electron chi connectivity index (χ2n) is 5.25. The molecule has 0 saturated carbocycles. The molecule has 0 bridgehead atoms. The maximum atomic E-state index is 11.9. The van der Waals surface area contributed by atoms with Crippen molar-refractivity contribution < 1.29 is 19.4 Å². The van der Waals surface area contributed by atoms with Crippen molar-refractivity contribution in [2.24, 2.45) is 12.8 Å². The Labute approximate surface area is 131 Å². The second kappa shape index (κ2) is 5.33. The van der Waals surface area contributed by atoms with E-state index in [-0.39, 0.29) is 17.0 Å². The number of carboxylic acids is 1. The molecule has 0 radical (unpaired) electrons. The molecule has 3 heterocycles. The molecule has 2 atom stereocenters.